The second-order valence-corrected chi connectivity index (χ2v) is 6.76. The molecule has 0 unspecified atom stereocenters. The van der Waals surface area contributed by atoms with Gasteiger partial charge in [-0.1, -0.05) is 48.7 Å². The molecule has 1 aliphatic rings. The Balaban J connectivity index is 1.65. The molecule has 1 fully saturated rings. The van der Waals surface area contributed by atoms with Gasteiger partial charge >= 0.3 is 0 Å². The molecule has 0 aliphatic heterocycles. The van der Waals surface area contributed by atoms with Crippen LogP contribution in [-0.4, -0.2) is 19.9 Å². The number of hydrogen-bond donors (Lipinski definition) is 1. The molecule has 1 aliphatic carbocycles. The van der Waals surface area contributed by atoms with Crippen LogP contribution in [0.1, 0.15) is 49.3 Å². The average Bonchev–Trinajstić information content (AvgIpc) is 3.29. The largest absolute Gasteiger partial charge is 0.333 e. The Morgan fingerprint density at radius 2 is 1.92 bits per heavy atom. The number of aromatic nitrogens is 4. The first-order valence-electron chi connectivity index (χ1n) is 8.91. The number of rotatable bonds is 4. The van der Waals surface area contributed by atoms with Crippen LogP contribution in [0.3, 0.4) is 0 Å². The predicted octanol–water partition coefficient (Wildman–Crippen LogP) is 3.64. The smallest absolute Gasteiger partial charge is 0.261 e. The topological polar surface area (TPSA) is 82.8 Å². The third-order valence-electron chi connectivity index (χ3n) is 4.95. The Kier molecular flexibility index (Phi) is 4.36. The van der Waals surface area contributed by atoms with E-state index in [2.05, 4.69) is 10.1 Å². The molecule has 2 N–H and O–H groups in total. The van der Waals surface area contributed by atoms with E-state index >= 15 is 0 Å². The fourth-order valence-electron chi connectivity index (χ4n) is 3.59. The quantitative estimate of drug-likeness (QED) is 0.786. The van der Waals surface area contributed by atoms with E-state index in [0.717, 1.165) is 22.4 Å². The van der Waals surface area contributed by atoms with Gasteiger partial charge in [-0.2, -0.15) is 10.1 Å². The van der Waals surface area contributed by atoms with E-state index in [0.29, 0.717) is 24.2 Å². The van der Waals surface area contributed by atoms with E-state index in [1.165, 1.54) is 32.1 Å². The van der Waals surface area contributed by atoms with Gasteiger partial charge in [-0.05, 0) is 18.4 Å². The molecule has 0 saturated heterocycles. The fourth-order valence-corrected chi connectivity index (χ4v) is 3.59. The molecule has 2 aromatic heterocycles. The van der Waals surface area contributed by atoms with Crippen molar-refractivity contribution in [1.82, 2.24) is 19.9 Å². The van der Waals surface area contributed by atoms with Crippen LogP contribution in [0.15, 0.2) is 35.0 Å². The summed E-state index contributed by atoms with van der Waals surface area (Å²) in [5.74, 6) is 1.63. The van der Waals surface area contributed by atoms with Gasteiger partial charge in [-0.15, -0.1) is 0 Å². The SMILES string of the molecule is Cn1cc(-c2nc(-c3ccc(CN)cc3)no2)c(C2CCCCC2)n1. The van der Waals surface area contributed by atoms with Crippen molar-refractivity contribution in [3.05, 3.63) is 41.7 Å². The standard InChI is InChI=1S/C19H23N5O/c1-24-12-16(17(22-24)14-5-3-2-4-6-14)19-21-18(23-25-19)15-9-7-13(11-20)8-10-15/h7-10,12,14H,2-6,11,20H2,1H3. The maximum Gasteiger partial charge on any atom is 0.261 e. The molecule has 130 valence electrons. The summed E-state index contributed by atoms with van der Waals surface area (Å²) < 4.78 is 7.41. The number of aryl methyl sites for hydroxylation is 1. The maximum atomic E-state index is 5.65. The van der Waals surface area contributed by atoms with Crippen LogP contribution in [0.4, 0.5) is 0 Å². The number of nitrogens with zero attached hydrogens (tertiary/aromatic N) is 4. The summed E-state index contributed by atoms with van der Waals surface area (Å²) in [6, 6.07) is 7.93. The number of benzene rings is 1. The van der Waals surface area contributed by atoms with Crippen LogP contribution >= 0.6 is 0 Å². The van der Waals surface area contributed by atoms with E-state index in [1.807, 2.05) is 42.2 Å². The second-order valence-electron chi connectivity index (χ2n) is 6.76. The van der Waals surface area contributed by atoms with Gasteiger partial charge in [0.25, 0.3) is 5.89 Å². The Morgan fingerprint density at radius 1 is 1.16 bits per heavy atom. The minimum absolute atomic E-state index is 0.490. The Morgan fingerprint density at radius 3 is 2.64 bits per heavy atom. The third-order valence-corrected chi connectivity index (χ3v) is 4.95. The second kappa shape index (κ2) is 6.80. The highest BCUT2D eigenvalue weighted by molar-refractivity contribution is 5.61. The summed E-state index contributed by atoms with van der Waals surface area (Å²) in [7, 11) is 1.94. The van der Waals surface area contributed by atoms with E-state index in [1.54, 1.807) is 0 Å². The predicted molar refractivity (Wildman–Crippen MR) is 95.7 cm³/mol. The molecule has 3 aromatic rings. The van der Waals surface area contributed by atoms with E-state index in [9.17, 15) is 0 Å². The van der Waals surface area contributed by atoms with Gasteiger partial charge in [-0.25, -0.2) is 0 Å². The Hall–Kier alpha value is -2.47. The summed E-state index contributed by atoms with van der Waals surface area (Å²) >= 11 is 0. The van der Waals surface area contributed by atoms with Gasteiger partial charge < -0.3 is 10.3 Å². The van der Waals surface area contributed by atoms with Crippen molar-refractivity contribution in [3.8, 4) is 22.8 Å². The molecule has 2 heterocycles. The molecule has 0 bridgehead atoms. The van der Waals surface area contributed by atoms with Gasteiger partial charge in [0.05, 0.1) is 11.3 Å². The molecule has 1 aromatic carbocycles. The Labute approximate surface area is 147 Å². The molecule has 6 heteroatoms. The molecule has 0 amide bonds. The van der Waals surface area contributed by atoms with Crippen LogP contribution in [0, 0.1) is 0 Å². The zero-order valence-corrected chi connectivity index (χ0v) is 14.5. The highest BCUT2D eigenvalue weighted by atomic mass is 16.5. The van der Waals surface area contributed by atoms with Crippen molar-refractivity contribution in [3.63, 3.8) is 0 Å². The molecule has 4 rings (SSSR count). The van der Waals surface area contributed by atoms with Crippen molar-refractivity contribution in [2.24, 2.45) is 12.8 Å². The molecular weight excluding hydrogens is 314 g/mol. The zero-order chi connectivity index (χ0) is 17.2. The Bertz CT molecular complexity index is 843. The van der Waals surface area contributed by atoms with Crippen molar-refractivity contribution in [2.45, 2.75) is 44.6 Å². The first kappa shape index (κ1) is 16.0. The lowest BCUT2D eigenvalue weighted by Crippen LogP contribution is -2.06. The van der Waals surface area contributed by atoms with Gasteiger partial charge in [0.2, 0.25) is 5.82 Å². The number of nitrogens with two attached hydrogens (primary N) is 1. The third kappa shape index (κ3) is 3.22. The van der Waals surface area contributed by atoms with Gasteiger partial charge in [0.1, 0.15) is 0 Å². The molecule has 0 radical (unpaired) electrons. The molecule has 25 heavy (non-hydrogen) atoms. The minimum atomic E-state index is 0.490. The zero-order valence-electron chi connectivity index (χ0n) is 14.5. The fraction of sp³-hybridized carbons (Fsp3) is 0.421. The lowest BCUT2D eigenvalue weighted by Gasteiger charge is -2.20. The van der Waals surface area contributed by atoms with E-state index in [-0.39, 0.29) is 0 Å². The van der Waals surface area contributed by atoms with E-state index in [4.69, 9.17) is 15.4 Å². The van der Waals surface area contributed by atoms with Crippen LogP contribution in [-0.2, 0) is 13.6 Å². The van der Waals surface area contributed by atoms with Gasteiger partial charge in [0, 0.05) is 31.3 Å². The van der Waals surface area contributed by atoms with Crippen LogP contribution in [0.25, 0.3) is 22.8 Å². The molecule has 0 atom stereocenters. The maximum absolute atomic E-state index is 5.65. The highest BCUT2D eigenvalue weighted by Crippen LogP contribution is 2.37. The average molecular weight is 337 g/mol. The molecule has 6 nitrogen and oxygen atoms in total. The molecule has 1 saturated carbocycles. The lowest BCUT2D eigenvalue weighted by molar-refractivity contribution is 0.423. The summed E-state index contributed by atoms with van der Waals surface area (Å²) in [6.45, 7) is 0.526. The first-order valence-corrected chi connectivity index (χ1v) is 8.91. The first-order chi connectivity index (χ1) is 12.2. The monoisotopic (exact) mass is 337 g/mol. The van der Waals surface area contributed by atoms with Gasteiger partial charge in [0.15, 0.2) is 0 Å². The summed E-state index contributed by atoms with van der Waals surface area (Å²) in [6.07, 6.45) is 8.21. The molecular formula is C19H23N5O. The van der Waals surface area contributed by atoms with E-state index < -0.39 is 0 Å². The van der Waals surface area contributed by atoms with Crippen molar-refractivity contribution in [1.29, 1.82) is 0 Å². The minimum Gasteiger partial charge on any atom is -0.333 e. The molecule has 0 spiro atoms. The van der Waals surface area contributed by atoms with Crippen molar-refractivity contribution < 1.29 is 4.52 Å². The lowest BCUT2D eigenvalue weighted by atomic mass is 9.85. The summed E-state index contributed by atoms with van der Waals surface area (Å²) in [4.78, 5) is 4.61. The van der Waals surface area contributed by atoms with Crippen molar-refractivity contribution in [2.75, 3.05) is 0 Å². The normalized spacial score (nSPS) is 15.6. The highest BCUT2D eigenvalue weighted by Gasteiger charge is 2.25. The van der Waals surface area contributed by atoms with Gasteiger partial charge in [-0.3, -0.25) is 4.68 Å². The summed E-state index contributed by atoms with van der Waals surface area (Å²) in [5.41, 5.74) is 9.72. The van der Waals surface area contributed by atoms with Crippen LogP contribution in [0.2, 0.25) is 0 Å². The number of hydrogen-bond acceptors (Lipinski definition) is 5. The van der Waals surface area contributed by atoms with Crippen LogP contribution in [0.5, 0.6) is 0 Å². The van der Waals surface area contributed by atoms with Crippen LogP contribution < -0.4 is 5.73 Å². The van der Waals surface area contributed by atoms with Crippen molar-refractivity contribution >= 4 is 0 Å². The summed E-state index contributed by atoms with van der Waals surface area (Å²) in [5, 5.41) is 8.85.